The number of hydrogen-bond acceptors (Lipinski definition) is 5. The molecule has 2 aromatic carbocycles. The molecule has 0 saturated heterocycles. The van der Waals surface area contributed by atoms with Crippen molar-refractivity contribution in [2.24, 2.45) is 0 Å². The smallest absolute Gasteiger partial charge is 0.322 e. The van der Waals surface area contributed by atoms with Crippen molar-refractivity contribution >= 4 is 45.9 Å². The highest BCUT2D eigenvalue weighted by molar-refractivity contribution is 6.30. The number of carbonyl (C=O) groups is 1. The number of aromatic nitrogens is 2. The normalized spacial score (nSPS) is 10.5. The first-order chi connectivity index (χ1) is 11.1. The maximum atomic E-state index is 10.8. The number of halogens is 1. The number of anilines is 3. The van der Waals surface area contributed by atoms with Crippen molar-refractivity contribution < 1.29 is 9.90 Å². The summed E-state index contributed by atoms with van der Waals surface area (Å²) in [5, 5.41) is 16.1. The van der Waals surface area contributed by atoms with Crippen LogP contribution in [0.5, 0.6) is 0 Å². The molecule has 0 bridgehead atoms. The Morgan fingerprint density at radius 2 is 1.83 bits per heavy atom. The Labute approximate surface area is 137 Å². The van der Waals surface area contributed by atoms with Crippen molar-refractivity contribution in [3.8, 4) is 0 Å². The number of fused-ring (bicyclic) bond motifs is 1. The Hall–Kier alpha value is -2.86. The molecule has 0 spiro atoms. The summed E-state index contributed by atoms with van der Waals surface area (Å²) in [7, 11) is 0. The zero-order valence-corrected chi connectivity index (χ0v) is 12.7. The van der Waals surface area contributed by atoms with E-state index in [1.807, 2.05) is 36.4 Å². The molecular formula is C16H13ClN4O2. The molecule has 3 rings (SSSR count). The second-order valence-corrected chi connectivity index (χ2v) is 5.23. The summed E-state index contributed by atoms with van der Waals surface area (Å²) in [6.45, 7) is -0.221. The fraction of sp³-hybridized carbons (Fsp3) is 0.0625. The molecule has 0 aliphatic rings. The first kappa shape index (κ1) is 15.1. The van der Waals surface area contributed by atoms with Gasteiger partial charge in [-0.1, -0.05) is 23.7 Å². The van der Waals surface area contributed by atoms with Gasteiger partial charge in [0.1, 0.15) is 12.4 Å². The van der Waals surface area contributed by atoms with Crippen LogP contribution in [0.25, 0.3) is 10.9 Å². The van der Waals surface area contributed by atoms with Gasteiger partial charge in [-0.05, 0) is 36.4 Å². The third-order valence-corrected chi connectivity index (χ3v) is 3.36. The van der Waals surface area contributed by atoms with Crippen molar-refractivity contribution in [2.45, 2.75) is 0 Å². The van der Waals surface area contributed by atoms with Crippen LogP contribution in [-0.4, -0.2) is 27.6 Å². The van der Waals surface area contributed by atoms with Gasteiger partial charge in [-0.15, -0.1) is 0 Å². The summed E-state index contributed by atoms with van der Waals surface area (Å²) >= 11 is 5.86. The van der Waals surface area contributed by atoms with E-state index in [1.54, 1.807) is 12.1 Å². The zero-order chi connectivity index (χ0) is 16.2. The van der Waals surface area contributed by atoms with Crippen LogP contribution in [0.15, 0.2) is 48.5 Å². The van der Waals surface area contributed by atoms with Gasteiger partial charge in [0, 0.05) is 16.1 Å². The summed E-state index contributed by atoms with van der Waals surface area (Å²) in [5.41, 5.74) is 1.50. The van der Waals surface area contributed by atoms with Crippen LogP contribution in [0, 0.1) is 0 Å². The molecule has 23 heavy (non-hydrogen) atoms. The molecule has 3 aromatic rings. The van der Waals surface area contributed by atoms with E-state index in [9.17, 15) is 4.79 Å². The third kappa shape index (κ3) is 3.67. The highest BCUT2D eigenvalue weighted by Gasteiger charge is 2.08. The second kappa shape index (κ2) is 6.50. The summed E-state index contributed by atoms with van der Waals surface area (Å²) < 4.78 is 0. The van der Waals surface area contributed by atoms with E-state index >= 15 is 0 Å². The van der Waals surface area contributed by atoms with Gasteiger partial charge in [0.2, 0.25) is 5.95 Å². The van der Waals surface area contributed by atoms with Crippen LogP contribution in [0.4, 0.5) is 17.5 Å². The van der Waals surface area contributed by atoms with E-state index in [-0.39, 0.29) is 6.54 Å². The van der Waals surface area contributed by atoms with Crippen LogP contribution in [-0.2, 0) is 4.79 Å². The van der Waals surface area contributed by atoms with Gasteiger partial charge in [0.15, 0.2) is 0 Å². The standard InChI is InChI=1S/C16H13ClN4O2/c17-10-5-7-11(8-6-10)19-16-20-13-4-2-1-3-12(13)15(21-16)18-9-14(22)23/h1-8H,9H2,(H,22,23)(H2,18,19,20,21). The van der Waals surface area contributed by atoms with Crippen molar-refractivity contribution in [1.82, 2.24) is 9.97 Å². The minimum absolute atomic E-state index is 0.221. The lowest BCUT2D eigenvalue weighted by Crippen LogP contribution is -2.14. The maximum absolute atomic E-state index is 10.8. The fourth-order valence-corrected chi connectivity index (χ4v) is 2.21. The van der Waals surface area contributed by atoms with Crippen molar-refractivity contribution in [3.05, 3.63) is 53.6 Å². The molecule has 0 atom stereocenters. The average molecular weight is 329 g/mol. The monoisotopic (exact) mass is 328 g/mol. The Bertz CT molecular complexity index is 852. The number of hydrogen-bond donors (Lipinski definition) is 3. The first-order valence-corrected chi connectivity index (χ1v) is 7.24. The van der Waals surface area contributed by atoms with Crippen molar-refractivity contribution in [1.29, 1.82) is 0 Å². The Morgan fingerprint density at radius 1 is 1.09 bits per heavy atom. The molecule has 116 valence electrons. The Balaban J connectivity index is 1.96. The molecule has 3 N–H and O–H groups in total. The topological polar surface area (TPSA) is 87.1 Å². The van der Waals surface area contributed by atoms with E-state index in [4.69, 9.17) is 16.7 Å². The molecule has 0 radical (unpaired) electrons. The molecule has 0 aliphatic heterocycles. The molecular weight excluding hydrogens is 316 g/mol. The van der Waals surface area contributed by atoms with Gasteiger partial charge in [0.05, 0.1) is 5.52 Å². The van der Waals surface area contributed by atoms with E-state index < -0.39 is 5.97 Å². The van der Waals surface area contributed by atoms with Crippen molar-refractivity contribution in [2.75, 3.05) is 17.2 Å². The van der Waals surface area contributed by atoms with Gasteiger partial charge in [-0.2, -0.15) is 4.98 Å². The lowest BCUT2D eigenvalue weighted by molar-refractivity contribution is -0.134. The summed E-state index contributed by atoms with van der Waals surface area (Å²) in [4.78, 5) is 19.6. The lowest BCUT2D eigenvalue weighted by Gasteiger charge is -2.11. The molecule has 6 nitrogen and oxygen atoms in total. The van der Waals surface area contributed by atoms with Gasteiger partial charge in [0.25, 0.3) is 0 Å². The summed E-state index contributed by atoms with van der Waals surface area (Å²) in [5.74, 6) is -0.117. The SMILES string of the molecule is O=C(O)CNc1nc(Nc2ccc(Cl)cc2)nc2ccccc12. The van der Waals surface area contributed by atoms with Crippen LogP contribution < -0.4 is 10.6 Å². The molecule has 1 aromatic heterocycles. The van der Waals surface area contributed by atoms with Gasteiger partial charge in [-0.3, -0.25) is 4.79 Å². The zero-order valence-electron chi connectivity index (χ0n) is 12.0. The van der Waals surface area contributed by atoms with Crippen molar-refractivity contribution in [3.63, 3.8) is 0 Å². The predicted octanol–water partition coefficient (Wildman–Crippen LogP) is 3.52. The minimum atomic E-state index is -0.958. The van der Waals surface area contributed by atoms with Crippen LogP contribution >= 0.6 is 11.6 Å². The second-order valence-electron chi connectivity index (χ2n) is 4.79. The summed E-state index contributed by atoms with van der Waals surface area (Å²) in [6, 6.07) is 14.5. The molecule has 0 unspecified atom stereocenters. The molecule has 0 aliphatic carbocycles. The van der Waals surface area contributed by atoms with Gasteiger partial charge < -0.3 is 15.7 Å². The van der Waals surface area contributed by atoms with Crippen LogP contribution in [0.1, 0.15) is 0 Å². The third-order valence-electron chi connectivity index (χ3n) is 3.11. The van der Waals surface area contributed by atoms with Gasteiger partial charge in [-0.25, -0.2) is 4.98 Å². The average Bonchev–Trinajstić information content (AvgIpc) is 2.54. The molecule has 1 heterocycles. The lowest BCUT2D eigenvalue weighted by atomic mass is 10.2. The number of rotatable bonds is 5. The first-order valence-electron chi connectivity index (χ1n) is 6.87. The molecule has 7 heteroatoms. The van der Waals surface area contributed by atoms with Crippen LogP contribution in [0.2, 0.25) is 5.02 Å². The van der Waals surface area contributed by atoms with E-state index in [1.165, 1.54) is 0 Å². The number of para-hydroxylation sites is 1. The molecule has 0 fully saturated rings. The summed E-state index contributed by atoms with van der Waals surface area (Å²) in [6.07, 6.45) is 0. The van der Waals surface area contributed by atoms with E-state index in [0.29, 0.717) is 22.3 Å². The van der Waals surface area contributed by atoms with Gasteiger partial charge >= 0.3 is 5.97 Å². The quantitative estimate of drug-likeness (QED) is 0.664. The predicted molar refractivity (Wildman–Crippen MR) is 90.4 cm³/mol. The number of carboxylic acids is 1. The largest absolute Gasteiger partial charge is 0.480 e. The fourth-order valence-electron chi connectivity index (χ4n) is 2.09. The number of benzene rings is 2. The maximum Gasteiger partial charge on any atom is 0.322 e. The minimum Gasteiger partial charge on any atom is -0.480 e. The number of aliphatic carboxylic acids is 1. The van der Waals surface area contributed by atoms with E-state index in [0.717, 1.165) is 11.1 Å². The molecule has 0 saturated carbocycles. The highest BCUT2D eigenvalue weighted by Crippen LogP contribution is 2.24. The number of carboxylic acid groups (broad SMARTS) is 1. The van der Waals surface area contributed by atoms with E-state index in [2.05, 4.69) is 20.6 Å². The highest BCUT2D eigenvalue weighted by atomic mass is 35.5. The Morgan fingerprint density at radius 3 is 2.57 bits per heavy atom. The Kier molecular flexibility index (Phi) is 4.25. The van der Waals surface area contributed by atoms with Crippen LogP contribution in [0.3, 0.4) is 0 Å². The number of nitrogens with one attached hydrogen (secondary N) is 2. The number of nitrogens with zero attached hydrogens (tertiary/aromatic N) is 2. The molecule has 0 amide bonds.